The van der Waals surface area contributed by atoms with Gasteiger partial charge in [0.05, 0.1) is 13.2 Å². The van der Waals surface area contributed by atoms with Gasteiger partial charge in [0, 0.05) is 38.3 Å². The van der Waals surface area contributed by atoms with E-state index in [2.05, 4.69) is 39.8 Å². The van der Waals surface area contributed by atoms with Crippen molar-refractivity contribution in [3.8, 4) is 0 Å². The maximum absolute atomic E-state index is 5.32. The van der Waals surface area contributed by atoms with Crippen LogP contribution in [0.4, 0.5) is 0 Å². The molecule has 0 saturated carbocycles. The highest BCUT2D eigenvalue weighted by Gasteiger charge is 2.09. The zero-order valence-electron chi connectivity index (χ0n) is 13.0. The minimum absolute atomic E-state index is 0.254. The highest BCUT2D eigenvalue weighted by Crippen LogP contribution is 2.11. The molecule has 5 nitrogen and oxygen atoms in total. The van der Waals surface area contributed by atoms with Crippen LogP contribution in [0.2, 0.25) is 0 Å². The predicted octanol–water partition coefficient (Wildman–Crippen LogP) is 1.57. The summed E-state index contributed by atoms with van der Waals surface area (Å²) in [6.07, 6.45) is 1.87. The molecule has 1 atom stereocenters. The number of rotatable bonds is 6. The monoisotopic (exact) mass is 320 g/mol. The molecule has 0 spiro atoms. The molecule has 1 fully saturated rings. The first kappa shape index (κ1) is 16.9. The summed E-state index contributed by atoms with van der Waals surface area (Å²) in [5, 5.41) is 7.93. The molecule has 1 aromatic rings. The predicted molar refractivity (Wildman–Crippen MR) is 94.3 cm³/mol. The summed E-state index contributed by atoms with van der Waals surface area (Å²) in [4.78, 5) is 2.36. The Balaban J connectivity index is 1.61. The van der Waals surface area contributed by atoms with Crippen molar-refractivity contribution in [2.45, 2.75) is 12.8 Å². The first-order valence-corrected chi connectivity index (χ1v) is 8.08. The molecule has 0 aromatic heterocycles. The van der Waals surface area contributed by atoms with Gasteiger partial charge in [-0.25, -0.2) is 0 Å². The molecule has 2 rings (SSSR count). The lowest BCUT2D eigenvalue weighted by atomic mass is 10.0. The molecule has 0 unspecified atom stereocenters. The van der Waals surface area contributed by atoms with Gasteiger partial charge in [-0.3, -0.25) is 10.3 Å². The lowest BCUT2D eigenvalue weighted by Crippen LogP contribution is -2.42. The fourth-order valence-corrected chi connectivity index (χ4v) is 2.40. The third-order valence-corrected chi connectivity index (χ3v) is 3.84. The van der Waals surface area contributed by atoms with E-state index in [0.717, 1.165) is 39.4 Å². The highest BCUT2D eigenvalue weighted by atomic mass is 32.1. The van der Waals surface area contributed by atoms with Gasteiger partial charge in [-0.2, -0.15) is 5.10 Å². The average Bonchev–Trinajstić information content (AvgIpc) is 2.56. The van der Waals surface area contributed by atoms with E-state index in [1.54, 1.807) is 0 Å². The number of nitrogens with one attached hydrogen (secondary N) is 2. The van der Waals surface area contributed by atoms with Crippen LogP contribution in [-0.2, 0) is 4.74 Å². The molecular weight excluding hydrogens is 296 g/mol. The second-order valence-corrected chi connectivity index (χ2v) is 5.71. The summed E-state index contributed by atoms with van der Waals surface area (Å²) in [6, 6.07) is 10.3. The van der Waals surface area contributed by atoms with Crippen molar-refractivity contribution >= 4 is 23.5 Å². The molecule has 2 N–H and O–H groups in total. The second-order valence-electron chi connectivity index (χ2n) is 5.30. The van der Waals surface area contributed by atoms with Gasteiger partial charge in [0.1, 0.15) is 0 Å². The van der Waals surface area contributed by atoms with E-state index in [0.29, 0.717) is 5.11 Å². The number of hydrogen-bond donors (Lipinski definition) is 2. The average molecular weight is 320 g/mol. The van der Waals surface area contributed by atoms with E-state index in [-0.39, 0.29) is 5.92 Å². The van der Waals surface area contributed by atoms with Crippen molar-refractivity contribution in [1.82, 2.24) is 15.6 Å². The summed E-state index contributed by atoms with van der Waals surface area (Å²) in [5.74, 6) is 0.254. The maximum Gasteiger partial charge on any atom is 0.186 e. The van der Waals surface area contributed by atoms with Crippen LogP contribution in [0.15, 0.2) is 35.4 Å². The maximum atomic E-state index is 5.32. The van der Waals surface area contributed by atoms with Crippen LogP contribution in [0.25, 0.3) is 0 Å². The fraction of sp³-hybridized carbons (Fsp3) is 0.500. The third-order valence-electron chi connectivity index (χ3n) is 3.61. The largest absolute Gasteiger partial charge is 0.379 e. The Kier molecular flexibility index (Phi) is 7.28. The number of hydrogen-bond acceptors (Lipinski definition) is 4. The summed E-state index contributed by atoms with van der Waals surface area (Å²) in [7, 11) is 0. The lowest BCUT2D eigenvalue weighted by molar-refractivity contribution is 0.0389. The quantitative estimate of drug-likeness (QED) is 0.473. The minimum Gasteiger partial charge on any atom is -0.379 e. The Morgan fingerprint density at radius 3 is 2.82 bits per heavy atom. The lowest BCUT2D eigenvalue weighted by Gasteiger charge is -2.26. The molecule has 22 heavy (non-hydrogen) atoms. The van der Waals surface area contributed by atoms with E-state index in [9.17, 15) is 0 Å². The van der Waals surface area contributed by atoms with Crippen molar-refractivity contribution in [3.63, 3.8) is 0 Å². The van der Waals surface area contributed by atoms with E-state index in [1.165, 1.54) is 5.56 Å². The van der Waals surface area contributed by atoms with Crippen LogP contribution in [0.5, 0.6) is 0 Å². The van der Waals surface area contributed by atoms with E-state index in [4.69, 9.17) is 17.0 Å². The number of morpholine rings is 1. The first-order chi connectivity index (χ1) is 10.8. The molecule has 1 aliphatic rings. The van der Waals surface area contributed by atoms with Crippen molar-refractivity contribution in [3.05, 3.63) is 35.9 Å². The van der Waals surface area contributed by atoms with Crippen molar-refractivity contribution in [1.29, 1.82) is 0 Å². The van der Waals surface area contributed by atoms with Crippen LogP contribution >= 0.6 is 12.2 Å². The van der Waals surface area contributed by atoms with Crippen molar-refractivity contribution < 1.29 is 4.74 Å². The van der Waals surface area contributed by atoms with Gasteiger partial charge in [0.2, 0.25) is 0 Å². The van der Waals surface area contributed by atoms with Gasteiger partial charge in [-0.15, -0.1) is 0 Å². The molecule has 1 saturated heterocycles. The highest BCUT2D eigenvalue weighted by molar-refractivity contribution is 7.80. The summed E-state index contributed by atoms with van der Waals surface area (Å²) < 4.78 is 5.32. The molecule has 0 radical (unpaired) electrons. The molecule has 1 heterocycles. The Hall–Kier alpha value is -1.50. The van der Waals surface area contributed by atoms with E-state index < -0.39 is 0 Å². The van der Waals surface area contributed by atoms with E-state index >= 15 is 0 Å². The molecule has 6 heteroatoms. The molecule has 0 aliphatic carbocycles. The molecule has 120 valence electrons. The van der Waals surface area contributed by atoms with Crippen molar-refractivity contribution in [2.75, 3.05) is 39.4 Å². The fourth-order valence-electron chi connectivity index (χ4n) is 2.24. The first-order valence-electron chi connectivity index (χ1n) is 7.68. The smallest absolute Gasteiger partial charge is 0.186 e. The third kappa shape index (κ3) is 6.09. The zero-order chi connectivity index (χ0) is 15.6. The van der Waals surface area contributed by atoms with Gasteiger partial charge in [-0.05, 0) is 17.8 Å². The van der Waals surface area contributed by atoms with Crippen molar-refractivity contribution in [2.24, 2.45) is 5.10 Å². The number of ether oxygens (including phenoxy) is 1. The van der Waals surface area contributed by atoms with Gasteiger partial charge in [0.15, 0.2) is 5.11 Å². The minimum atomic E-state index is 0.254. The summed E-state index contributed by atoms with van der Waals surface area (Å²) in [6.45, 7) is 7.53. The Morgan fingerprint density at radius 2 is 2.09 bits per heavy atom. The van der Waals surface area contributed by atoms with Crippen LogP contribution in [-0.4, -0.2) is 55.6 Å². The standard InChI is InChI=1S/C16H24N4OS/c1-14(15-5-3-2-4-6-15)13-18-19-16(22)17-7-8-20-9-11-21-12-10-20/h2-6,13-14H,7-12H2,1H3,(H2,17,19,22)/b18-13-/t14-/m1/s1. The Morgan fingerprint density at radius 1 is 1.36 bits per heavy atom. The zero-order valence-corrected chi connectivity index (χ0v) is 13.8. The normalized spacial score (nSPS) is 17.3. The van der Waals surface area contributed by atoms with Crippen LogP contribution in [0, 0.1) is 0 Å². The molecular formula is C16H24N4OS. The summed E-state index contributed by atoms with van der Waals surface area (Å²) in [5.41, 5.74) is 4.10. The Bertz CT molecular complexity index is 474. The second kappa shape index (κ2) is 9.50. The number of hydrazone groups is 1. The van der Waals surface area contributed by atoms with Crippen LogP contribution in [0.3, 0.4) is 0 Å². The van der Waals surface area contributed by atoms with Gasteiger partial charge < -0.3 is 10.1 Å². The number of nitrogens with zero attached hydrogens (tertiary/aromatic N) is 2. The Labute approximate surface area is 137 Å². The number of thiocarbonyl (C=S) groups is 1. The molecule has 1 aliphatic heterocycles. The number of benzene rings is 1. The van der Waals surface area contributed by atoms with Crippen LogP contribution in [0.1, 0.15) is 18.4 Å². The molecule has 1 aromatic carbocycles. The van der Waals surface area contributed by atoms with Gasteiger partial charge in [0.25, 0.3) is 0 Å². The van der Waals surface area contributed by atoms with E-state index in [1.807, 2.05) is 24.4 Å². The SMILES string of the molecule is C[C@H](/C=N\NC(=S)NCCN1CCOCC1)c1ccccc1. The summed E-state index contributed by atoms with van der Waals surface area (Å²) >= 11 is 5.21. The van der Waals surface area contributed by atoms with Crippen LogP contribution < -0.4 is 10.7 Å². The topological polar surface area (TPSA) is 48.9 Å². The molecule has 0 bridgehead atoms. The van der Waals surface area contributed by atoms with Gasteiger partial charge >= 0.3 is 0 Å². The van der Waals surface area contributed by atoms with Gasteiger partial charge in [-0.1, -0.05) is 37.3 Å². The molecule has 0 amide bonds.